The Balaban J connectivity index is 2.55. The Morgan fingerprint density at radius 3 is 2.56 bits per heavy atom. The van der Waals surface area contributed by atoms with E-state index >= 15 is 0 Å². The van der Waals surface area contributed by atoms with E-state index in [2.05, 4.69) is 31.0 Å². The maximum Gasteiger partial charge on any atom is 0.125 e. The number of para-hydroxylation sites is 1. The molecule has 0 spiro atoms. The van der Waals surface area contributed by atoms with Crippen molar-refractivity contribution in [2.45, 2.75) is 38.5 Å². The third kappa shape index (κ3) is 1.41. The average molecular weight is 215 g/mol. The highest BCUT2D eigenvalue weighted by atomic mass is 16.1. The molecule has 2 heteroatoms. The van der Waals surface area contributed by atoms with Crippen LogP contribution in [0.15, 0.2) is 29.3 Å². The highest BCUT2D eigenvalue weighted by Gasteiger charge is 2.39. The fraction of sp³-hybridized carbons (Fsp3) is 0.429. The molecular formula is C14H17NO. The number of carbonyl (C=O) groups excluding carboxylic acids is 1. The number of nitrogens with zero attached hydrogens (tertiary/aromatic N) is 1. The Morgan fingerprint density at radius 1 is 1.25 bits per heavy atom. The zero-order valence-corrected chi connectivity index (χ0v) is 9.86. The zero-order valence-electron chi connectivity index (χ0n) is 9.86. The van der Waals surface area contributed by atoms with Gasteiger partial charge in [-0.1, -0.05) is 32.0 Å². The molecule has 0 radical (unpaired) electrons. The maximum absolute atomic E-state index is 10.8. The van der Waals surface area contributed by atoms with Gasteiger partial charge in [0.1, 0.15) is 6.29 Å². The Hall–Kier alpha value is -1.44. The number of aliphatic imine (C=N–C) groups is 1. The van der Waals surface area contributed by atoms with Gasteiger partial charge in [0.25, 0.3) is 0 Å². The smallest absolute Gasteiger partial charge is 0.125 e. The maximum atomic E-state index is 10.8. The van der Waals surface area contributed by atoms with E-state index in [1.807, 2.05) is 12.1 Å². The molecule has 16 heavy (non-hydrogen) atoms. The molecule has 0 fully saturated rings. The fourth-order valence-corrected chi connectivity index (χ4v) is 2.74. The van der Waals surface area contributed by atoms with E-state index in [0.29, 0.717) is 6.42 Å². The third-order valence-electron chi connectivity index (χ3n) is 3.71. The summed E-state index contributed by atoms with van der Waals surface area (Å²) in [6.45, 7) is 4.35. The molecule has 84 valence electrons. The standard InChI is InChI=1S/C14H17NO/c1-3-14(4-2)11-7-5-6-8-12(11)15-13(14)9-10-16/h5-8,10H,3-4,9H2,1-2H3. The molecule has 0 aromatic heterocycles. The lowest BCUT2D eigenvalue weighted by Crippen LogP contribution is -2.31. The van der Waals surface area contributed by atoms with Crippen LogP contribution in [0.2, 0.25) is 0 Å². The lowest BCUT2D eigenvalue weighted by molar-refractivity contribution is -0.106. The van der Waals surface area contributed by atoms with Crippen molar-refractivity contribution in [1.82, 2.24) is 0 Å². The molecule has 2 nitrogen and oxygen atoms in total. The molecular weight excluding hydrogens is 198 g/mol. The van der Waals surface area contributed by atoms with Gasteiger partial charge in [0.15, 0.2) is 0 Å². The van der Waals surface area contributed by atoms with Crippen molar-refractivity contribution >= 4 is 17.7 Å². The van der Waals surface area contributed by atoms with Gasteiger partial charge in [-0.05, 0) is 24.5 Å². The highest BCUT2D eigenvalue weighted by molar-refractivity contribution is 6.06. The Labute approximate surface area is 96.4 Å². The van der Waals surface area contributed by atoms with E-state index in [-0.39, 0.29) is 5.41 Å². The summed E-state index contributed by atoms with van der Waals surface area (Å²) < 4.78 is 0. The summed E-state index contributed by atoms with van der Waals surface area (Å²) in [7, 11) is 0. The van der Waals surface area contributed by atoms with Crippen LogP contribution < -0.4 is 0 Å². The van der Waals surface area contributed by atoms with Crippen LogP contribution in [-0.4, -0.2) is 12.0 Å². The summed E-state index contributed by atoms with van der Waals surface area (Å²) in [4.78, 5) is 15.4. The van der Waals surface area contributed by atoms with Gasteiger partial charge in [-0.25, -0.2) is 0 Å². The first-order valence-electron chi connectivity index (χ1n) is 5.89. The number of carbonyl (C=O) groups is 1. The minimum atomic E-state index is -0.00248. The van der Waals surface area contributed by atoms with E-state index < -0.39 is 0 Å². The molecule has 0 saturated heterocycles. The first kappa shape index (κ1) is 11.1. The first-order chi connectivity index (χ1) is 7.78. The Morgan fingerprint density at radius 2 is 1.94 bits per heavy atom. The molecule has 1 heterocycles. The van der Waals surface area contributed by atoms with Crippen LogP contribution in [0, 0.1) is 0 Å². The van der Waals surface area contributed by atoms with Crippen LogP contribution in [0.4, 0.5) is 5.69 Å². The molecule has 0 N–H and O–H groups in total. The molecule has 1 aliphatic rings. The van der Waals surface area contributed by atoms with E-state index in [1.165, 1.54) is 5.56 Å². The van der Waals surface area contributed by atoms with Crippen LogP contribution >= 0.6 is 0 Å². The summed E-state index contributed by atoms with van der Waals surface area (Å²) in [5, 5.41) is 0. The summed E-state index contributed by atoms with van der Waals surface area (Å²) >= 11 is 0. The van der Waals surface area contributed by atoms with Crippen molar-refractivity contribution in [2.24, 2.45) is 4.99 Å². The first-order valence-corrected chi connectivity index (χ1v) is 5.89. The molecule has 1 aromatic carbocycles. The van der Waals surface area contributed by atoms with Crippen molar-refractivity contribution in [3.8, 4) is 0 Å². The number of fused-ring (bicyclic) bond motifs is 1. The molecule has 0 aliphatic carbocycles. The van der Waals surface area contributed by atoms with Gasteiger partial charge in [-0.2, -0.15) is 0 Å². The van der Waals surface area contributed by atoms with E-state index in [4.69, 9.17) is 0 Å². The second kappa shape index (κ2) is 4.20. The number of hydrogen-bond donors (Lipinski definition) is 0. The summed E-state index contributed by atoms with van der Waals surface area (Å²) in [5.41, 5.74) is 3.37. The Kier molecular flexibility index (Phi) is 2.90. The van der Waals surface area contributed by atoms with Crippen molar-refractivity contribution in [3.63, 3.8) is 0 Å². The zero-order chi connectivity index (χ0) is 11.6. The third-order valence-corrected chi connectivity index (χ3v) is 3.71. The van der Waals surface area contributed by atoms with Gasteiger partial charge < -0.3 is 4.79 Å². The number of rotatable bonds is 4. The van der Waals surface area contributed by atoms with Crippen LogP contribution in [-0.2, 0) is 10.2 Å². The number of aldehydes is 1. The summed E-state index contributed by atoms with van der Waals surface area (Å²) in [5.74, 6) is 0. The average Bonchev–Trinajstić information content (AvgIpc) is 2.64. The largest absolute Gasteiger partial charge is 0.303 e. The number of hydrogen-bond acceptors (Lipinski definition) is 2. The second-order valence-electron chi connectivity index (χ2n) is 4.24. The monoisotopic (exact) mass is 215 g/mol. The second-order valence-corrected chi connectivity index (χ2v) is 4.24. The minimum Gasteiger partial charge on any atom is -0.303 e. The summed E-state index contributed by atoms with van der Waals surface area (Å²) in [6.07, 6.45) is 3.43. The lowest BCUT2D eigenvalue weighted by Gasteiger charge is -2.29. The quantitative estimate of drug-likeness (QED) is 0.707. The van der Waals surface area contributed by atoms with Crippen molar-refractivity contribution in [1.29, 1.82) is 0 Å². The predicted octanol–water partition coefficient (Wildman–Crippen LogP) is 3.42. The molecule has 0 saturated carbocycles. The topological polar surface area (TPSA) is 29.4 Å². The number of benzene rings is 1. The van der Waals surface area contributed by atoms with Gasteiger partial charge in [-0.15, -0.1) is 0 Å². The normalized spacial score (nSPS) is 16.8. The predicted molar refractivity (Wildman–Crippen MR) is 66.5 cm³/mol. The van der Waals surface area contributed by atoms with Crippen molar-refractivity contribution < 1.29 is 4.79 Å². The van der Waals surface area contributed by atoms with Crippen LogP contribution in [0.1, 0.15) is 38.7 Å². The van der Waals surface area contributed by atoms with Gasteiger partial charge in [0.2, 0.25) is 0 Å². The SMILES string of the molecule is CCC1(CC)C(CC=O)=Nc2ccccc21. The van der Waals surface area contributed by atoms with Gasteiger partial charge in [0.05, 0.1) is 5.69 Å². The van der Waals surface area contributed by atoms with Crippen LogP contribution in [0.25, 0.3) is 0 Å². The molecule has 0 bridgehead atoms. The lowest BCUT2D eigenvalue weighted by atomic mass is 9.72. The van der Waals surface area contributed by atoms with Crippen LogP contribution in [0.3, 0.4) is 0 Å². The molecule has 2 rings (SSSR count). The summed E-state index contributed by atoms with van der Waals surface area (Å²) in [6, 6.07) is 8.23. The molecule has 0 atom stereocenters. The molecule has 0 amide bonds. The van der Waals surface area contributed by atoms with Gasteiger partial charge in [0, 0.05) is 17.5 Å². The van der Waals surface area contributed by atoms with Gasteiger partial charge >= 0.3 is 0 Å². The van der Waals surface area contributed by atoms with Crippen molar-refractivity contribution in [3.05, 3.63) is 29.8 Å². The van der Waals surface area contributed by atoms with E-state index in [1.54, 1.807) is 0 Å². The van der Waals surface area contributed by atoms with Gasteiger partial charge in [-0.3, -0.25) is 4.99 Å². The Bertz CT molecular complexity index is 430. The molecule has 1 aliphatic heterocycles. The van der Waals surface area contributed by atoms with E-state index in [0.717, 1.165) is 30.5 Å². The minimum absolute atomic E-state index is 0.00248. The molecule has 1 aromatic rings. The fourth-order valence-electron chi connectivity index (χ4n) is 2.74. The highest BCUT2D eigenvalue weighted by Crippen LogP contribution is 2.45. The van der Waals surface area contributed by atoms with Crippen molar-refractivity contribution in [2.75, 3.05) is 0 Å². The van der Waals surface area contributed by atoms with Crippen LogP contribution in [0.5, 0.6) is 0 Å². The molecule has 0 unspecified atom stereocenters. The van der Waals surface area contributed by atoms with E-state index in [9.17, 15) is 4.79 Å².